The van der Waals surface area contributed by atoms with E-state index in [4.69, 9.17) is 4.74 Å². The Bertz CT molecular complexity index is 832. The average molecular weight is 404 g/mol. The minimum atomic E-state index is -0.249. The Balaban J connectivity index is 1.53. The van der Waals surface area contributed by atoms with Crippen molar-refractivity contribution in [3.63, 3.8) is 0 Å². The van der Waals surface area contributed by atoms with Gasteiger partial charge in [0.1, 0.15) is 12.4 Å². The monoisotopic (exact) mass is 403 g/mol. The third-order valence-electron chi connectivity index (χ3n) is 5.16. The van der Waals surface area contributed by atoms with Crippen molar-refractivity contribution in [3.8, 4) is 0 Å². The topological polar surface area (TPSA) is 90.3 Å². The Morgan fingerprint density at radius 2 is 1.89 bits per heavy atom. The van der Waals surface area contributed by atoms with Crippen LogP contribution in [0.4, 0.5) is 4.79 Å². The number of carbonyl (C=O) groups excluding carboxylic acids is 2. The Hall–Kier alpha value is -2.19. The Morgan fingerprint density at radius 1 is 1.14 bits per heavy atom. The second-order valence-corrected chi connectivity index (χ2v) is 8.28. The van der Waals surface area contributed by atoms with Crippen LogP contribution in [0, 0.1) is 5.92 Å². The summed E-state index contributed by atoms with van der Waals surface area (Å²) in [4.78, 5) is 39.5. The molecule has 150 valence electrons. The summed E-state index contributed by atoms with van der Waals surface area (Å²) in [6.07, 6.45) is 6.26. The summed E-state index contributed by atoms with van der Waals surface area (Å²) in [5.41, 5.74) is -0.145. The van der Waals surface area contributed by atoms with Gasteiger partial charge in [0.15, 0.2) is 0 Å². The van der Waals surface area contributed by atoms with Gasteiger partial charge in [-0.2, -0.15) is 0 Å². The summed E-state index contributed by atoms with van der Waals surface area (Å²) in [5, 5.41) is 1.86. The van der Waals surface area contributed by atoms with Crippen LogP contribution in [0.5, 0.6) is 0 Å². The molecule has 2 aliphatic rings. The van der Waals surface area contributed by atoms with E-state index >= 15 is 0 Å². The van der Waals surface area contributed by atoms with E-state index in [1.165, 1.54) is 10.6 Å². The maximum absolute atomic E-state index is 12.1. The SMILES string of the molecule is Cn1c(COC2CCC(CC3SC(=O)NC3=O)CC2)nccccccc1=O. The lowest BCUT2D eigenvalue weighted by Gasteiger charge is -2.29. The van der Waals surface area contributed by atoms with Gasteiger partial charge >= 0.3 is 0 Å². The number of rotatable bonds is 5. The summed E-state index contributed by atoms with van der Waals surface area (Å²) in [7, 11) is 1.69. The van der Waals surface area contributed by atoms with Crippen molar-refractivity contribution in [2.45, 2.75) is 50.1 Å². The Morgan fingerprint density at radius 3 is 2.61 bits per heavy atom. The number of hydrogen-bond acceptors (Lipinski definition) is 6. The zero-order valence-electron chi connectivity index (χ0n) is 15.9. The fourth-order valence-electron chi connectivity index (χ4n) is 3.48. The van der Waals surface area contributed by atoms with Crippen molar-refractivity contribution in [2.75, 3.05) is 0 Å². The van der Waals surface area contributed by atoms with E-state index in [0.29, 0.717) is 11.7 Å². The quantitative estimate of drug-likeness (QED) is 0.813. The van der Waals surface area contributed by atoms with Crippen LogP contribution in [0.25, 0.3) is 0 Å². The fraction of sp³-hybridized carbons (Fsp3) is 0.500. The molecule has 1 N–H and O–H groups in total. The van der Waals surface area contributed by atoms with Crippen LogP contribution in [0.15, 0.2) is 41.3 Å². The molecule has 1 aromatic rings. The van der Waals surface area contributed by atoms with Crippen LogP contribution < -0.4 is 10.9 Å². The number of nitrogens with one attached hydrogen (secondary N) is 1. The van der Waals surface area contributed by atoms with Crippen LogP contribution in [0.2, 0.25) is 0 Å². The number of thioether (sulfide) groups is 1. The van der Waals surface area contributed by atoms with Gasteiger partial charge in [0.25, 0.3) is 10.8 Å². The molecule has 1 atom stereocenters. The Labute approximate surface area is 168 Å². The van der Waals surface area contributed by atoms with Crippen molar-refractivity contribution in [2.24, 2.45) is 13.0 Å². The summed E-state index contributed by atoms with van der Waals surface area (Å²) in [6.45, 7) is 0.273. The molecule has 28 heavy (non-hydrogen) atoms. The van der Waals surface area contributed by atoms with Gasteiger partial charge in [0, 0.05) is 19.3 Å². The second-order valence-electron chi connectivity index (χ2n) is 7.10. The lowest BCUT2D eigenvalue weighted by molar-refractivity contribution is -0.119. The predicted octanol–water partition coefficient (Wildman–Crippen LogP) is 2.72. The van der Waals surface area contributed by atoms with E-state index in [2.05, 4.69) is 10.3 Å². The minimum absolute atomic E-state index is 0.115. The lowest BCUT2D eigenvalue weighted by atomic mass is 9.84. The molecule has 0 bridgehead atoms. The van der Waals surface area contributed by atoms with Crippen molar-refractivity contribution in [3.05, 3.63) is 52.7 Å². The summed E-state index contributed by atoms with van der Waals surface area (Å²) >= 11 is 1.10. The summed E-state index contributed by atoms with van der Waals surface area (Å²) in [5.74, 6) is 0.844. The average Bonchev–Trinajstić information content (AvgIpc) is 3.00. The first-order chi connectivity index (χ1) is 13.5. The third kappa shape index (κ3) is 5.65. The highest BCUT2D eigenvalue weighted by Crippen LogP contribution is 2.34. The highest BCUT2D eigenvalue weighted by molar-refractivity contribution is 8.15. The zero-order valence-corrected chi connectivity index (χ0v) is 16.7. The molecule has 1 aliphatic carbocycles. The van der Waals surface area contributed by atoms with Crippen LogP contribution >= 0.6 is 11.8 Å². The van der Waals surface area contributed by atoms with Gasteiger partial charge in [-0.1, -0.05) is 30.0 Å². The normalized spacial score (nSPS) is 24.5. The lowest BCUT2D eigenvalue weighted by Crippen LogP contribution is -2.28. The molecule has 1 saturated heterocycles. The van der Waals surface area contributed by atoms with Gasteiger partial charge in [-0.05, 0) is 44.1 Å². The van der Waals surface area contributed by atoms with E-state index < -0.39 is 0 Å². The second kappa shape index (κ2) is 9.84. The largest absolute Gasteiger partial charge is 0.370 e. The molecule has 0 spiro atoms. The van der Waals surface area contributed by atoms with E-state index in [1.807, 2.05) is 6.07 Å². The number of nitrogens with zero attached hydrogens (tertiary/aromatic N) is 2. The van der Waals surface area contributed by atoms with Crippen molar-refractivity contribution in [1.29, 1.82) is 0 Å². The molecule has 7 nitrogen and oxygen atoms in total. The van der Waals surface area contributed by atoms with E-state index in [1.54, 1.807) is 31.4 Å². The summed E-state index contributed by atoms with van der Waals surface area (Å²) in [6, 6.07) is 8.60. The van der Waals surface area contributed by atoms with Crippen molar-refractivity contribution >= 4 is 22.9 Å². The van der Waals surface area contributed by atoms with Gasteiger partial charge in [-0.3, -0.25) is 24.3 Å². The molecule has 0 aromatic carbocycles. The minimum Gasteiger partial charge on any atom is -0.370 e. The highest BCUT2D eigenvalue weighted by Gasteiger charge is 2.34. The zero-order chi connectivity index (χ0) is 19.9. The molecular formula is C20H25N3O4S. The van der Waals surface area contributed by atoms with E-state index in [-0.39, 0.29) is 34.7 Å². The number of hydrogen-bond donors (Lipinski definition) is 1. The van der Waals surface area contributed by atoms with E-state index in [0.717, 1.165) is 43.9 Å². The molecule has 1 unspecified atom stereocenters. The molecular weight excluding hydrogens is 378 g/mol. The van der Waals surface area contributed by atoms with Gasteiger partial charge < -0.3 is 4.74 Å². The first-order valence-corrected chi connectivity index (χ1v) is 10.4. The molecule has 1 aromatic heterocycles. The molecule has 2 fully saturated rings. The van der Waals surface area contributed by atoms with Gasteiger partial charge in [-0.15, -0.1) is 0 Å². The molecule has 1 saturated carbocycles. The molecule has 1 aliphatic heterocycles. The van der Waals surface area contributed by atoms with Crippen LogP contribution in [0.3, 0.4) is 0 Å². The molecule has 2 heterocycles. The smallest absolute Gasteiger partial charge is 0.286 e. The van der Waals surface area contributed by atoms with Gasteiger partial charge in [0.2, 0.25) is 5.91 Å². The first kappa shape index (κ1) is 20.5. The number of amides is 2. The third-order valence-corrected chi connectivity index (χ3v) is 6.16. The van der Waals surface area contributed by atoms with Gasteiger partial charge in [-0.25, -0.2) is 4.98 Å². The van der Waals surface area contributed by atoms with E-state index in [9.17, 15) is 14.4 Å². The van der Waals surface area contributed by atoms with Crippen LogP contribution in [0.1, 0.15) is 37.9 Å². The van der Waals surface area contributed by atoms with Gasteiger partial charge in [0.05, 0.1) is 11.4 Å². The van der Waals surface area contributed by atoms with Crippen molar-refractivity contribution < 1.29 is 14.3 Å². The number of aromatic nitrogens is 2. The number of carbonyl (C=O) groups is 2. The standard InChI is InChI=1S/C20H25N3O4S/c1-23-17(21-11-5-3-2-4-6-18(23)24)13-27-15-9-7-14(8-10-15)12-16-19(25)22-20(26)28-16/h2-6,11,14-16H,7-10,12-13H2,1H3,(H,22,25,26). The predicted molar refractivity (Wildman–Crippen MR) is 107 cm³/mol. The first-order valence-electron chi connectivity index (χ1n) is 9.50. The fourth-order valence-corrected chi connectivity index (χ4v) is 4.43. The highest BCUT2D eigenvalue weighted by atomic mass is 32.2. The van der Waals surface area contributed by atoms with Crippen LogP contribution in [-0.2, 0) is 23.2 Å². The molecule has 2 amide bonds. The van der Waals surface area contributed by atoms with Crippen LogP contribution in [-0.4, -0.2) is 32.1 Å². The number of imide groups is 1. The molecule has 8 heteroatoms. The molecule has 3 rings (SSSR count). The maximum atomic E-state index is 12.1. The summed E-state index contributed by atoms with van der Waals surface area (Å²) < 4.78 is 7.53. The maximum Gasteiger partial charge on any atom is 0.286 e. The Kier molecular flexibility index (Phi) is 7.22. The number of ether oxygens (including phenoxy) is 1. The molecule has 0 radical (unpaired) electrons. The van der Waals surface area contributed by atoms with Crippen molar-refractivity contribution in [1.82, 2.24) is 14.9 Å².